The Morgan fingerprint density at radius 1 is 1.11 bits per heavy atom. The number of amides is 2. The molecule has 1 heterocycles. The highest BCUT2D eigenvalue weighted by atomic mass is 79.9. The molecule has 35 heavy (non-hydrogen) atoms. The zero-order chi connectivity index (χ0) is 25.5. The van der Waals surface area contributed by atoms with Crippen molar-refractivity contribution in [1.29, 1.82) is 0 Å². The molecule has 1 saturated heterocycles. The van der Waals surface area contributed by atoms with Crippen LogP contribution >= 0.6 is 27.7 Å². The maximum atomic E-state index is 12.9. The molecule has 2 amide bonds. The predicted octanol–water partition coefficient (Wildman–Crippen LogP) is 5.13. The highest BCUT2D eigenvalue weighted by molar-refractivity contribution is 9.10. The first-order chi connectivity index (χ1) is 16.7. The van der Waals surface area contributed by atoms with Crippen LogP contribution in [0.3, 0.4) is 0 Å². The number of benzene rings is 2. The first-order valence-corrected chi connectivity index (χ1v) is 12.5. The molecule has 8 nitrogen and oxygen atoms in total. The first kappa shape index (κ1) is 26.6. The molecule has 0 bridgehead atoms. The Morgan fingerprint density at radius 2 is 1.89 bits per heavy atom. The minimum absolute atomic E-state index is 0.142. The molecule has 0 saturated carbocycles. The zero-order valence-corrected chi connectivity index (χ0v) is 22.3. The van der Waals surface area contributed by atoms with Crippen LogP contribution in [0, 0.1) is 13.8 Å². The lowest BCUT2D eigenvalue weighted by Crippen LogP contribution is -2.32. The Hall–Kier alpha value is -2.98. The van der Waals surface area contributed by atoms with Gasteiger partial charge in [-0.2, -0.15) is 0 Å². The fourth-order valence-electron chi connectivity index (χ4n) is 3.25. The van der Waals surface area contributed by atoms with E-state index in [1.54, 1.807) is 25.1 Å². The van der Waals surface area contributed by atoms with Crippen LogP contribution in [0.5, 0.6) is 17.2 Å². The van der Waals surface area contributed by atoms with E-state index in [9.17, 15) is 14.4 Å². The van der Waals surface area contributed by atoms with Crippen molar-refractivity contribution in [2.45, 2.75) is 20.8 Å². The topological polar surface area (TPSA) is 91.4 Å². The quantitative estimate of drug-likeness (QED) is 0.290. The van der Waals surface area contributed by atoms with Gasteiger partial charge in [0.05, 0.1) is 29.6 Å². The average Bonchev–Trinajstić information content (AvgIpc) is 3.07. The van der Waals surface area contributed by atoms with Crippen LogP contribution in [0.2, 0.25) is 0 Å². The lowest BCUT2D eigenvalue weighted by molar-refractivity contribution is -0.145. The van der Waals surface area contributed by atoms with Gasteiger partial charge in [0.1, 0.15) is 12.4 Å². The SMILES string of the molecule is CCOC(=O)COc1c(Br)cc(/C=C2\SC(=O)N(CCOc3cc(C)ccc3C)C2=O)cc1OC. The second-order valence-corrected chi connectivity index (χ2v) is 9.43. The maximum Gasteiger partial charge on any atom is 0.344 e. The monoisotopic (exact) mass is 563 g/mol. The molecule has 0 spiro atoms. The van der Waals surface area contributed by atoms with Crippen molar-refractivity contribution in [2.24, 2.45) is 0 Å². The number of halogens is 1. The van der Waals surface area contributed by atoms with Crippen molar-refractivity contribution < 1.29 is 33.3 Å². The van der Waals surface area contributed by atoms with Crippen LogP contribution in [0.25, 0.3) is 6.08 Å². The van der Waals surface area contributed by atoms with Gasteiger partial charge in [-0.3, -0.25) is 14.5 Å². The molecule has 0 aliphatic carbocycles. The van der Waals surface area contributed by atoms with E-state index in [1.165, 1.54) is 12.0 Å². The second kappa shape index (κ2) is 12.1. The molecule has 2 aromatic rings. The fourth-order valence-corrected chi connectivity index (χ4v) is 4.69. The van der Waals surface area contributed by atoms with Gasteiger partial charge in [-0.1, -0.05) is 12.1 Å². The Morgan fingerprint density at radius 3 is 2.60 bits per heavy atom. The van der Waals surface area contributed by atoms with E-state index in [2.05, 4.69) is 15.9 Å². The van der Waals surface area contributed by atoms with Gasteiger partial charge in [0, 0.05) is 0 Å². The van der Waals surface area contributed by atoms with E-state index in [0.29, 0.717) is 21.5 Å². The molecule has 10 heteroatoms. The maximum absolute atomic E-state index is 12.9. The third kappa shape index (κ3) is 6.79. The van der Waals surface area contributed by atoms with Crippen molar-refractivity contribution in [3.05, 3.63) is 56.4 Å². The largest absolute Gasteiger partial charge is 0.493 e. The van der Waals surface area contributed by atoms with Gasteiger partial charge in [-0.25, -0.2) is 4.79 Å². The van der Waals surface area contributed by atoms with E-state index in [0.717, 1.165) is 28.6 Å². The van der Waals surface area contributed by atoms with Crippen LogP contribution in [0.4, 0.5) is 4.79 Å². The minimum Gasteiger partial charge on any atom is -0.493 e. The summed E-state index contributed by atoms with van der Waals surface area (Å²) in [7, 11) is 1.46. The molecule has 1 aliphatic rings. The molecule has 3 rings (SSSR count). The van der Waals surface area contributed by atoms with Crippen LogP contribution in [0.1, 0.15) is 23.6 Å². The Labute approximate surface area is 216 Å². The number of hydrogen-bond donors (Lipinski definition) is 0. The van der Waals surface area contributed by atoms with Crippen LogP contribution in [0.15, 0.2) is 39.7 Å². The average molecular weight is 564 g/mol. The van der Waals surface area contributed by atoms with E-state index in [-0.39, 0.29) is 42.4 Å². The lowest BCUT2D eigenvalue weighted by atomic mass is 10.1. The molecule has 0 N–H and O–H groups in total. The zero-order valence-electron chi connectivity index (χ0n) is 19.9. The molecule has 0 atom stereocenters. The third-order valence-electron chi connectivity index (χ3n) is 4.98. The molecule has 2 aromatic carbocycles. The number of aryl methyl sites for hydroxylation is 2. The number of thioether (sulfide) groups is 1. The number of methoxy groups -OCH3 is 1. The Bertz CT molecular complexity index is 1160. The fraction of sp³-hybridized carbons (Fsp3) is 0.320. The first-order valence-electron chi connectivity index (χ1n) is 10.8. The van der Waals surface area contributed by atoms with Crippen LogP contribution in [-0.4, -0.2) is 55.5 Å². The summed E-state index contributed by atoms with van der Waals surface area (Å²) in [5.74, 6) is 0.531. The van der Waals surface area contributed by atoms with Gasteiger partial charge in [0.25, 0.3) is 11.1 Å². The van der Waals surface area contributed by atoms with Crippen molar-refractivity contribution in [3.63, 3.8) is 0 Å². The molecule has 0 unspecified atom stereocenters. The van der Waals surface area contributed by atoms with E-state index >= 15 is 0 Å². The van der Waals surface area contributed by atoms with Gasteiger partial charge in [0.15, 0.2) is 18.1 Å². The second-order valence-electron chi connectivity index (χ2n) is 7.58. The Kier molecular flexibility index (Phi) is 9.22. The number of esters is 1. The molecular weight excluding hydrogens is 538 g/mol. The Balaban J connectivity index is 1.69. The molecule has 186 valence electrons. The van der Waals surface area contributed by atoms with E-state index < -0.39 is 5.97 Å². The van der Waals surface area contributed by atoms with Gasteiger partial charge < -0.3 is 18.9 Å². The summed E-state index contributed by atoms with van der Waals surface area (Å²) < 4.78 is 22.1. The number of nitrogens with zero attached hydrogens (tertiary/aromatic N) is 1. The van der Waals surface area contributed by atoms with Crippen molar-refractivity contribution in [1.82, 2.24) is 4.90 Å². The summed E-state index contributed by atoms with van der Waals surface area (Å²) in [5.41, 5.74) is 2.67. The number of carbonyl (C=O) groups excluding carboxylic acids is 3. The summed E-state index contributed by atoms with van der Waals surface area (Å²) in [6, 6.07) is 9.25. The van der Waals surface area contributed by atoms with Crippen LogP contribution in [-0.2, 0) is 14.3 Å². The normalized spacial score (nSPS) is 14.4. The number of ether oxygens (including phenoxy) is 4. The van der Waals surface area contributed by atoms with Crippen molar-refractivity contribution >= 4 is 50.9 Å². The summed E-state index contributed by atoms with van der Waals surface area (Å²) >= 11 is 4.28. The molecular formula is C25H26BrNO7S. The molecule has 1 fully saturated rings. The number of carbonyl (C=O) groups is 3. The van der Waals surface area contributed by atoms with E-state index in [4.69, 9.17) is 18.9 Å². The highest BCUT2D eigenvalue weighted by Crippen LogP contribution is 2.39. The number of rotatable bonds is 10. The van der Waals surface area contributed by atoms with Gasteiger partial charge in [0.2, 0.25) is 0 Å². The molecule has 0 radical (unpaired) electrons. The summed E-state index contributed by atoms with van der Waals surface area (Å²) in [6.45, 7) is 5.95. The lowest BCUT2D eigenvalue weighted by Gasteiger charge is -2.15. The van der Waals surface area contributed by atoms with E-state index in [1.807, 2.05) is 32.0 Å². The predicted molar refractivity (Wildman–Crippen MR) is 137 cm³/mol. The standard InChI is InChI=1S/C25H26BrNO7S/c1-5-32-22(28)14-34-23-18(26)11-17(12-20(23)31-4)13-21-24(29)27(25(30)35-21)8-9-33-19-10-15(2)6-7-16(19)3/h6-7,10-13H,5,8-9,14H2,1-4H3/b21-13-. The molecule has 0 aromatic heterocycles. The highest BCUT2D eigenvalue weighted by Gasteiger charge is 2.35. The van der Waals surface area contributed by atoms with Gasteiger partial charge in [-0.15, -0.1) is 0 Å². The van der Waals surface area contributed by atoms with Crippen molar-refractivity contribution in [3.8, 4) is 17.2 Å². The smallest absolute Gasteiger partial charge is 0.344 e. The third-order valence-corrected chi connectivity index (χ3v) is 6.48. The van der Waals surface area contributed by atoms with Gasteiger partial charge >= 0.3 is 5.97 Å². The van der Waals surface area contributed by atoms with Crippen LogP contribution < -0.4 is 14.2 Å². The number of hydrogen-bond acceptors (Lipinski definition) is 8. The molecule has 1 aliphatic heterocycles. The number of imide groups is 1. The van der Waals surface area contributed by atoms with Gasteiger partial charge in [-0.05, 0) is 89.4 Å². The minimum atomic E-state index is -0.499. The summed E-state index contributed by atoms with van der Waals surface area (Å²) in [6.07, 6.45) is 1.61. The van der Waals surface area contributed by atoms with Crippen molar-refractivity contribution in [2.75, 3.05) is 33.5 Å². The summed E-state index contributed by atoms with van der Waals surface area (Å²) in [5, 5.41) is -0.355. The summed E-state index contributed by atoms with van der Waals surface area (Å²) in [4.78, 5) is 38.4.